The Morgan fingerprint density at radius 1 is 1.39 bits per heavy atom. The van der Waals surface area contributed by atoms with Gasteiger partial charge in [0.2, 0.25) is 11.2 Å². The lowest BCUT2D eigenvalue weighted by Crippen LogP contribution is -2.28. The van der Waals surface area contributed by atoms with Crippen molar-refractivity contribution in [1.29, 1.82) is 0 Å². The Bertz CT molecular complexity index is 504. The van der Waals surface area contributed by atoms with Gasteiger partial charge in [0.25, 0.3) is 5.95 Å². The summed E-state index contributed by atoms with van der Waals surface area (Å²) in [7, 11) is 0. The predicted molar refractivity (Wildman–Crippen MR) is 64.7 cm³/mol. The third-order valence-electron chi connectivity index (χ3n) is 2.24. The molecule has 8 nitrogen and oxygen atoms in total. The molecule has 0 bridgehead atoms. The van der Waals surface area contributed by atoms with Gasteiger partial charge in [0, 0.05) is 13.1 Å². The second-order valence-corrected chi connectivity index (χ2v) is 3.69. The molecule has 1 N–H and O–H groups in total. The van der Waals surface area contributed by atoms with Crippen molar-refractivity contribution in [1.82, 2.24) is 29.7 Å². The van der Waals surface area contributed by atoms with E-state index in [1.54, 1.807) is 4.90 Å². The van der Waals surface area contributed by atoms with Crippen LogP contribution in [0.3, 0.4) is 0 Å². The maximum absolute atomic E-state index is 8.98. The number of nitrogens with zero attached hydrogens (tertiary/aromatic N) is 7. The summed E-state index contributed by atoms with van der Waals surface area (Å²) in [5.74, 6) is 0.691. The van der Waals surface area contributed by atoms with Crippen molar-refractivity contribution in [2.24, 2.45) is 0 Å². The molecule has 2 aromatic heterocycles. The molecule has 2 heterocycles. The average molecular weight is 270 g/mol. The van der Waals surface area contributed by atoms with Crippen LogP contribution in [-0.4, -0.2) is 54.5 Å². The van der Waals surface area contributed by atoms with E-state index in [0.29, 0.717) is 25.0 Å². The van der Waals surface area contributed by atoms with E-state index in [9.17, 15) is 0 Å². The maximum Gasteiger partial charge on any atom is 0.258 e. The van der Waals surface area contributed by atoms with Crippen LogP contribution in [0.2, 0.25) is 5.28 Å². The van der Waals surface area contributed by atoms with E-state index in [2.05, 4.69) is 25.0 Å². The number of likely N-dealkylation sites (N-methyl/N-ethyl adjacent to an activating group) is 1. The molecule has 0 spiro atoms. The molecule has 0 aliphatic rings. The maximum atomic E-state index is 8.98. The van der Waals surface area contributed by atoms with Crippen molar-refractivity contribution in [2.75, 3.05) is 24.6 Å². The van der Waals surface area contributed by atoms with Crippen LogP contribution in [0.5, 0.6) is 0 Å². The third-order valence-corrected chi connectivity index (χ3v) is 2.41. The lowest BCUT2D eigenvalue weighted by Gasteiger charge is -2.19. The van der Waals surface area contributed by atoms with Gasteiger partial charge in [-0.2, -0.15) is 24.7 Å². The minimum atomic E-state index is 0.00972. The van der Waals surface area contributed by atoms with Crippen molar-refractivity contribution in [3.63, 3.8) is 0 Å². The van der Waals surface area contributed by atoms with Crippen molar-refractivity contribution < 1.29 is 5.11 Å². The van der Waals surface area contributed by atoms with Crippen LogP contribution >= 0.6 is 11.6 Å². The molecule has 0 aliphatic carbocycles. The highest BCUT2D eigenvalue weighted by molar-refractivity contribution is 6.28. The third kappa shape index (κ3) is 2.71. The fourth-order valence-corrected chi connectivity index (χ4v) is 1.56. The van der Waals surface area contributed by atoms with E-state index in [0.717, 1.165) is 0 Å². The molecule has 0 fully saturated rings. The molecule has 0 saturated carbocycles. The Labute approximate surface area is 108 Å². The molecule has 0 aromatic carbocycles. The molecule has 96 valence electrons. The molecular weight excluding hydrogens is 258 g/mol. The monoisotopic (exact) mass is 269 g/mol. The number of aromatic nitrogens is 6. The largest absolute Gasteiger partial charge is 0.395 e. The molecule has 2 rings (SSSR count). The zero-order valence-electron chi connectivity index (χ0n) is 9.73. The fraction of sp³-hybridized carbons (Fsp3) is 0.444. The van der Waals surface area contributed by atoms with Crippen LogP contribution in [0.1, 0.15) is 6.92 Å². The zero-order valence-corrected chi connectivity index (χ0v) is 10.5. The van der Waals surface area contributed by atoms with Gasteiger partial charge in [0.15, 0.2) is 0 Å². The van der Waals surface area contributed by atoms with E-state index in [4.69, 9.17) is 16.7 Å². The van der Waals surface area contributed by atoms with Crippen LogP contribution in [0.15, 0.2) is 12.7 Å². The van der Waals surface area contributed by atoms with Gasteiger partial charge in [-0.25, -0.2) is 4.98 Å². The summed E-state index contributed by atoms with van der Waals surface area (Å²) in [6.45, 7) is 3.02. The van der Waals surface area contributed by atoms with Gasteiger partial charge in [-0.3, -0.25) is 0 Å². The zero-order chi connectivity index (χ0) is 13.0. The SMILES string of the molecule is CCN(CCO)c1nc(Cl)nc(-n2cncn2)n1. The average Bonchev–Trinajstić information content (AvgIpc) is 2.89. The Balaban J connectivity index is 2.37. The van der Waals surface area contributed by atoms with Crippen LogP contribution < -0.4 is 4.90 Å². The Morgan fingerprint density at radius 2 is 2.22 bits per heavy atom. The van der Waals surface area contributed by atoms with Gasteiger partial charge in [0.1, 0.15) is 12.7 Å². The Hall–Kier alpha value is -1.80. The number of aliphatic hydroxyl groups is 1. The highest BCUT2D eigenvalue weighted by Gasteiger charge is 2.12. The summed E-state index contributed by atoms with van der Waals surface area (Å²) < 4.78 is 1.39. The first-order valence-corrected chi connectivity index (χ1v) is 5.74. The van der Waals surface area contributed by atoms with Gasteiger partial charge >= 0.3 is 0 Å². The van der Waals surface area contributed by atoms with E-state index < -0.39 is 0 Å². The van der Waals surface area contributed by atoms with E-state index >= 15 is 0 Å². The predicted octanol–water partition coefficient (Wildman–Crippen LogP) is -0.0757. The van der Waals surface area contributed by atoms with Gasteiger partial charge in [0.05, 0.1) is 6.61 Å². The highest BCUT2D eigenvalue weighted by Crippen LogP contribution is 2.12. The van der Waals surface area contributed by atoms with E-state index in [-0.39, 0.29) is 11.9 Å². The summed E-state index contributed by atoms with van der Waals surface area (Å²) >= 11 is 5.86. The molecular formula is C9H12ClN7O. The van der Waals surface area contributed by atoms with Crippen LogP contribution in [-0.2, 0) is 0 Å². The molecule has 0 unspecified atom stereocenters. The summed E-state index contributed by atoms with van der Waals surface area (Å²) in [5.41, 5.74) is 0. The molecule has 0 radical (unpaired) electrons. The topological polar surface area (TPSA) is 92.8 Å². The lowest BCUT2D eigenvalue weighted by atomic mass is 10.5. The number of hydrogen-bond acceptors (Lipinski definition) is 7. The van der Waals surface area contributed by atoms with Gasteiger partial charge in [-0.1, -0.05) is 0 Å². The van der Waals surface area contributed by atoms with Crippen molar-refractivity contribution in [3.05, 3.63) is 17.9 Å². The van der Waals surface area contributed by atoms with Gasteiger partial charge < -0.3 is 10.0 Å². The molecule has 0 amide bonds. The molecule has 0 saturated heterocycles. The summed E-state index contributed by atoms with van der Waals surface area (Å²) in [6, 6.07) is 0. The van der Waals surface area contributed by atoms with E-state index in [1.165, 1.54) is 17.3 Å². The van der Waals surface area contributed by atoms with Crippen molar-refractivity contribution in [2.45, 2.75) is 6.92 Å². The number of anilines is 1. The van der Waals surface area contributed by atoms with Crippen LogP contribution in [0.4, 0.5) is 5.95 Å². The van der Waals surface area contributed by atoms with Crippen molar-refractivity contribution in [3.8, 4) is 5.95 Å². The first-order chi connectivity index (χ1) is 8.74. The second-order valence-electron chi connectivity index (χ2n) is 3.35. The normalized spacial score (nSPS) is 10.6. The lowest BCUT2D eigenvalue weighted by molar-refractivity contribution is 0.301. The molecule has 0 atom stereocenters. The first-order valence-electron chi connectivity index (χ1n) is 5.37. The number of aliphatic hydroxyl groups excluding tert-OH is 1. The Kier molecular flexibility index (Phi) is 4.00. The van der Waals surface area contributed by atoms with Gasteiger partial charge in [-0.05, 0) is 18.5 Å². The van der Waals surface area contributed by atoms with Crippen LogP contribution in [0.25, 0.3) is 5.95 Å². The summed E-state index contributed by atoms with van der Waals surface area (Å²) in [5, 5.41) is 13.0. The molecule has 9 heteroatoms. The summed E-state index contributed by atoms with van der Waals surface area (Å²) in [4.78, 5) is 17.8. The number of rotatable bonds is 5. The fourth-order valence-electron chi connectivity index (χ4n) is 1.41. The standard InChI is InChI=1S/C9H12ClN7O/c1-2-16(3-4-18)8-13-7(10)14-9(15-8)17-6-11-5-12-17/h5-6,18H,2-4H2,1H3. The van der Waals surface area contributed by atoms with Crippen LogP contribution in [0, 0.1) is 0 Å². The smallest absolute Gasteiger partial charge is 0.258 e. The van der Waals surface area contributed by atoms with Gasteiger partial charge in [-0.15, -0.1) is 0 Å². The minimum absolute atomic E-state index is 0.00972. The minimum Gasteiger partial charge on any atom is -0.395 e. The second kappa shape index (κ2) is 5.69. The van der Waals surface area contributed by atoms with Crippen molar-refractivity contribution >= 4 is 17.5 Å². The molecule has 0 aliphatic heterocycles. The Morgan fingerprint density at radius 3 is 2.83 bits per heavy atom. The first kappa shape index (κ1) is 12.7. The summed E-state index contributed by atoms with van der Waals surface area (Å²) in [6.07, 6.45) is 2.85. The number of halogens is 1. The number of hydrogen-bond donors (Lipinski definition) is 1. The molecule has 2 aromatic rings. The van der Waals surface area contributed by atoms with E-state index in [1.807, 2.05) is 6.92 Å². The quantitative estimate of drug-likeness (QED) is 0.812. The highest BCUT2D eigenvalue weighted by atomic mass is 35.5. The molecule has 18 heavy (non-hydrogen) atoms.